The second-order valence-corrected chi connectivity index (χ2v) is 5.96. The monoisotopic (exact) mass is 336 g/mol. The van der Waals surface area contributed by atoms with Gasteiger partial charge in [-0.2, -0.15) is 0 Å². The molecule has 0 aromatic heterocycles. The summed E-state index contributed by atoms with van der Waals surface area (Å²) in [7, 11) is 4.93. The highest BCUT2D eigenvalue weighted by atomic mass is 16.5. The highest BCUT2D eigenvalue weighted by Crippen LogP contribution is 2.31. The van der Waals surface area contributed by atoms with Crippen LogP contribution < -0.4 is 4.74 Å². The first kappa shape index (κ1) is 16.8. The van der Waals surface area contributed by atoms with Gasteiger partial charge in [0, 0.05) is 20.6 Å². The molecule has 0 unspecified atom stereocenters. The molecular formula is C20H20N2O3. The number of rotatable bonds is 5. The molecule has 5 nitrogen and oxygen atoms in total. The number of methoxy groups -OCH3 is 1. The van der Waals surface area contributed by atoms with Gasteiger partial charge in [-0.1, -0.05) is 42.5 Å². The van der Waals surface area contributed by atoms with E-state index in [4.69, 9.17) is 4.74 Å². The van der Waals surface area contributed by atoms with Gasteiger partial charge in [0.15, 0.2) is 0 Å². The number of ether oxygens (including phenoxy) is 1. The molecule has 0 spiro atoms. The van der Waals surface area contributed by atoms with E-state index in [1.54, 1.807) is 31.4 Å². The van der Waals surface area contributed by atoms with Gasteiger partial charge in [0.1, 0.15) is 11.4 Å². The molecule has 0 aliphatic carbocycles. The van der Waals surface area contributed by atoms with Crippen LogP contribution in [0.1, 0.15) is 11.1 Å². The predicted octanol–water partition coefficient (Wildman–Crippen LogP) is 2.54. The fourth-order valence-electron chi connectivity index (χ4n) is 2.94. The van der Waals surface area contributed by atoms with E-state index < -0.39 is 0 Å². The molecule has 0 fully saturated rings. The van der Waals surface area contributed by atoms with Gasteiger partial charge in [-0.25, -0.2) is 0 Å². The highest BCUT2D eigenvalue weighted by molar-refractivity contribution is 6.35. The van der Waals surface area contributed by atoms with Gasteiger partial charge in [-0.05, 0) is 23.3 Å². The number of carbonyl (C=O) groups excluding carboxylic acids is 2. The van der Waals surface area contributed by atoms with Crippen LogP contribution >= 0.6 is 0 Å². The number of imide groups is 1. The molecule has 0 saturated carbocycles. The number of nitrogens with zero attached hydrogens (tertiary/aromatic N) is 2. The Morgan fingerprint density at radius 1 is 0.960 bits per heavy atom. The summed E-state index contributed by atoms with van der Waals surface area (Å²) in [6, 6.07) is 17.0. The van der Waals surface area contributed by atoms with Crippen LogP contribution in [-0.4, -0.2) is 42.8 Å². The molecule has 2 aromatic rings. The van der Waals surface area contributed by atoms with Gasteiger partial charge in [0.2, 0.25) is 0 Å². The molecular weight excluding hydrogens is 316 g/mol. The summed E-state index contributed by atoms with van der Waals surface area (Å²) in [5.41, 5.74) is 2.62. The Kier molecular flexibility index (Phi) is 4.57. The van der Waals surface area contributed by atoms with Crippen LogP contribution in [0.2, 0.25) is 0 Å². The van der Waals surface area contributed by atoms with E-state index in [0.717, 1.165) is 10.5 Å². The number of hydrogen-bond acceptors (Lipinski definition) is 4. The molecule has 2 amide bonds. The van der Waals surface area contributed by atoms with Crippen molar-refractivity contribution in [3.8, 4) is 5.75 Å². The van der Waals surface area contributed by atoms with Crippen molar-refractivity contribution < 1.29 is 14.3 Å². The second-order valence-electron chi connectivity index (χ2n) is 5.96. The fourth-order valence-corrected chi connectivity index (χ4v) is 2.94. The molecule has 25 heavy (non-hydrogen) atoms. The summed E-state index contributed by atoms with van der Waals surface area (Å²) in [6.07, 6.45) is 0. The third kappa shape index (κ3) is 3.13. The topological polar surface area (TPSA) is 49.9 Å². The van der Waals surface area contributed by atoms with Crippen LogP contribution in [0.25, 0.3) is 5.57 Å². The summed E-state index contributed by atoms with van der Waals surface area (Å²) < 4.78 is 5.17. The Hall–Kier alpha value is -3.08. The molecule has 5 heteroatoms. The Bertz CT molecular complexity index is 826. The molecule has 128 valence electrons. The van der Waals surface area contributed by atoms with Crippen LogP contribution in [0.5, 0.6) is 5.75 Å². The van der Waals surface area contributed by atoms with Gasteiger partial charge in [-0.15, -0.1) is 0 Å². The standard InChI is InChI=1S/C20H20N2O3/c1-21(13-14-7-5-4-6-8-14)18-17(19(23)22(2)20(18)24)15-9-11-16(25-3)12-10-15/h4-12H,13H2,1-3H3. The van der Waals surface area contributed by atoms with Crippen molar-refractivity contribution in [1.29, 1.82) is 0 Å². The van der Waals surface area contributed by atoms with Crippen LogP contribution in [0.3, 0.4) is 0 Å². The van der Waals surface area contributed by atoms with Crippen LogP contribution in [0, 0.1) is 0 Å². The minimum absolute atomic E-state index is 0.283. The van der Waals surface area contributed by atoms with Crippen molar-refractivity contribution in [1.82, 2.24) is 9.80 Å². The Morgan fingerprint density at radius 3 is 2.20 bits per heavy atom. The number of amides is 2. The molecule has 0 saturated heterocycles. The third-order valence-corrected chi connectivity index (χ3v) is 4.29. The minimum Gasteiger partial charge on any atom is -0.497 e. The van der Waals surface area contributed by atoms with Crippen molar-refractivity contribution >= 4 is 17.4 Å². The largest absolute Gasteiger partial charge is 0.497 e. The lowest BCUT2D eigenvalue weighted by atomic mass is 10.0. The summed E-state index contributed by atoms with van der Waals surface area (Å²) >= 11 is 0. The molecule has 2 aromatic carbocycles. The molecule has 1 aliphatic rings. The van der Waals surface area contributed by atoms with E-state index in [-0.39, 0.29) is 11.8 Å². The maximum Gasteiger partial charge on any atom is 0.277 e. The van der Waals surface area contributed by atoms with Crippen LogP contribution in [0.4, 0.5) is 0 Å². The molecule has 3 rings (SSSR count). The van der Waals surface area contributed by atoms with E-state index >= 15 is 0 Å². The summed E-state index contributed by atoms with van der Waals surface area (Å²) in [5.74, 6) is 0.132. The van der Waals surface area contributed by atoms with Gasteiger partial charge in [0.25, 0.3) is 11.8 Å². The van der Waals surface area contributed by atoms with Crippen LogP contribution in [-0.2, 0) is 16.1 Å². The number of likely N-dealkylation sites (N-methyl/N-ethyl adjacent to an activating group) is 2. The summed E-state index contributed by atoms with van der Waals surface area (Å²) in [6.45, 7) is 0.544. The molecule has 0 bridgehead atoms. The quantitative estimate of drug-likeness (QED) is 0.788. The zero-order valence-corrected chi connectivity index (χ0v) is 14.5. The molecule has 0 N–H and O–H groups in total. The lowest BCUT2D eigenvalue weighted by Gasteiger charge is -2.20. The van der Waals surface area contributed by atoms with E-state index in [9.17, 15) is 9.59 Å². The molecule has 0 radical (unpaired) electrons. The number of benzene rings is 2. The van der Waals surface area contributed by atoms with E-state index in [2.05, 4.69) is 0 Å². The normalized spacial score (nSPS) is 14.3. The van der Waals surface area contributed by atoms with Crippen LogP contribution in [0.15, 0.2) is 60.3 Å². The van der Waals surface area contributed by atoms with E-state index in [0.29, 0.717) is 29.1 Å². The van der Waals surface area contributed by atoms with Gasteiger partial charge < -0.3 is 9.64 Å². The predicted molar refractivity (Wildman–Crippen MR) is 95.6 cm³/mol. The van der Waals surface area contributed by atoms with E-state index in [1.165, 1.54) is 7.05 Å². The van der Waals surface area contributed by atoms with Crippen molar-refractivity contribution in [2.45, 2.75) is 6.54 Å². The van der Waals surface area contributed by atoms with Crippen molar-refractivity contribution in [2.75, 3.05) is 21.2 Å². The van der Waals surface area contributed by atoms with Crippen molar-refractivity contribution in [3.63, 3.8) is 0 Å². The summed E-state index contributed by atoms with van der Waals surface area (Å²) in [5, 5.41) is 0. The minimum atomic E-state index is -0.287. The smallest absolute Gasteiger partial charge is 0.277 e. The first-order valence-electron chi connectivity index (χ1n) is 7.99. The SMILES string of the molecule is COc1ccc(C2=C(N(C)Cc3ccccc3)C(=O)N(C)C2=O)cc1. The molecule has 0 atom stereocenters. The maximum absolute atomic E-state index is 12.6. The Morgan fingerprint density at radius 2 is 1.60 bits per heavy atom. The average molecular weight is 336 g/mol. The van der Waals surface area contributed by atoms with Gasteiger partial charge >= 0.3 is 0 Å². The first-order valence-corrected chi connectivity index (χ1v) is 7.99. The lowest BCUT2D eigenvalue weighted by Crippen LogP contribution is -2.30. The van der Waals surface area contributed by atoms with Crippen molar-refractivity contribution in [3.05, 3.63) is 71.4 Å². The average Bonchev–Trinajstić information content (AvgIpc) is 2.87. The first-order chi connectivity index (χ1) is 12.0. The van der Waals surface area contributed by atoms with Gasteiger partial charge in [-0.3, -0.25) is 14.5 Å². The zero-order valence-electron chi connectivity index (χ0n) is 14.5. The molecule has 1 aliphatic heterocycles. The Labute approximate surface area is 147 Å². The Balaban J connectivity index is 2.01. The number of carbonyl (C=O) groups is 2. The summed E-state index contributed by atoms with van der Waals surface area (Å²) in [4.78, 5) is 28.3. The fraction of sp³-hybridized carbons (Fsp3) is 0.200. The van der Waals surface area contributed by atoms with Crippen molar-refractivity contribution in [2.24, 2.45) is 0 Å². The van der Waals surface area contributed by atoms with E-state index in [1.807, 2.05) is 42.3 Å². The maximum atomic E-state index is 12.6. The lowest BCUT2D eigenvalue weighted by molar-refractivity contribution is -0.135. The number of hydrogen-bond donors (Lipinski definition) is 0. The molecule has 1 heterocycles. The second kappa shape index (κ2) is 6.81. The third-order valence-electron chi connectivity index (χ3n) is 4.29. The van der Waals surface area contributed by atoms with Gasteiger partial charge in [0.05, 0.1) is 12.7 Å². The highest BCUT2D eigenvalue weighted by Gasteiger charge is 2.38. The zero-order chi connectivity index (χ0) is 18.0.